The molecule has 0 aromatic heterocycles. The van der Waals surface area contributed by atoms with Crippen LogP contribution in [0.15, 0.2) is 0 Å². The van der Waals surface area contributed by atoms with Gasteiger partial charge in [-0.15, -0.1) is 0 Å². The zero-order valence-corrected chi connectivity index (χ0v) is 7.31. The summed E-state index contributed by atoms with van der Waals surface area (Å²) in [6.07, 6.45) is -1.18. The van der Waals surface area contributed by atoms with Crippen LogP contribution >= 0.6 is 7.26 Å². The Balaban J connectivity index is 0. The lowest BCUT2D eigenvalue weighted by molar-refractivity contribution is 0.288. The molecule has 0 rings (SSSR count). The molecule has 0 aliphatic heterocycles. The zero-order chi connectivity index (χ0) is 10.0. The highest BCUT2D eigenvalue weighted by atomic mass is 31.2. The third-order valence-electron chi connectivity index (χ3n) is 1.20. The Morgan fingerprint density at radius 3 is 1.08 bits per heavy atom. The van der Waals surface area contributed by atoms with E-state index in [1.54, 1.807) is 0 Å². The van der Waals surface area contributed by atoms with Crippen LogP contribution in [0.2, 0.25) is 0 Å². The van der Waals surface area contributed by atoms with Crippen molar-refractivity contribution in [3.63, 3.8) is 0 Å². The van der Waals surface area contributed by atoms with Gasteiger partial charge in [-0.25, -0.2) is 0 Å². The fourth-order valence-corrected chi connectivity index (χ4v) is 0.805. The monoisotopic (exact) mass is 200 g/mol. The molecule has 0 aliphatic carbocycles. The van der Waals surface area contributed by atoms with Gasteiger partial charge in [0, 0.05) is 0 Å². The van der Waals surface area contributed by atoms with Crippen LogP contribution in [0.1, 0.15) is 0 Å². The lowest BCUT2D eigenvalue weighted by Crippen LogP contribution is -2.10. The first-order valence-electron chi connectivity index (χ1n) is 2.96. The van der Waals surface area contributed by atoms with E-state index in [9.17, 15) is 0 Å². The number of aliphatic hydroxyl groups excluding tert-OH is 5. The van der Waals surface area contributed by atoms with Crippen molar-refractivity contribution in [3.05, 3.63) is 0 Å². The fraction of sp³-hybridized carbons (Fsp3) is 0.800. The Hall–Kier alpha value is -0.260. The van der Waals surface area contributed by atoms with Gasteiger partial charge in [-0.05, 0) is 0 Å². The van der Waals surface area contributed by atoms with E-state index >= 15 is 0 Å². The Labute approximate surface area is 70.4 Å². The molecule has 0 radical (unpaired) electrons. The molecule has 0 amide bonds. The van der Waals surface area contributed by atoms with Crippen LogP contribution < -0.4 is 0 Å². The first-order valence-corrected chi connectivity index (χ1v) is 5.49. The van der Waals surface area contributed by atoms with Gasteiger partial charge in [-0.3, -0.25) is 0 Å². The van der Waals surface area contributed by atoms with Gasteiger partial charge in [0.1, 0.15) is 7.26 Å². The molecule has 7 heteroatoms. The molecule has 0 unspecified atom stereocenters. The summed E-state index contributed by atoms with van der Waals surface area (Å²) in [5.74, 6) is 0. The van der Waals surface area contributed by atoms with Crippen molar-refractivity contribution in [1.29, 1.82) is 0 Å². The molecule has 0 heterocycles. The average Bonchev–Trinajstić information content (AvgIpc) is 2.11. The van der Waals surface area contributed by atoms with Crippen LogP contribution in [0, 0.1) is 0 Å². The molecule has 6 nitrogen and oxygen atoms in total. The molecule has 5 N–H and O–H groups in total. The molecule has 0 atom stereocenters. The molecular formula is C5H13O6P. The van der Waals surface area contributed by atoms with Crippen LogP contribution in [-0.2, 0) is 4.79 Å². The third-order valence-corrected chi connectivity index (χ3v) is 3.60. The van der Waals surface area contributed by atoms with E-state index in [1.807, 2.05) is 0 Å². The fourth-order valence-electron chi connectivity index (χ4n) is 0.268. The van der Waals surface area contributed by atoms with Crippen molar-refractivity contribution in [1.82, 2.24) is 0 Å². The van der Waals surface area contributed by atoms with E-state index in [2.05, 4.69) is 0 Å². The summed E-state index contributed by atoms with van der Waals surface area (Å²) in [5.41, 5.74) is 0. The lowest BCUT2D eigenvalue weighted by atomic mass is 11.6. The number of aliphatic hydroxyl groups is 4. The number of hydrogen-bond donors (Lipinski definition) is 5. The molecule has 0 bridgehead atoms. The molecule has 0 fully saturated rings. The van der Waals surface area contributed by atoms with Gasteiger partial charge in [0.25, 0.3) is 0 Å². The third kappa shape index (κ3) is 5.40. The predicted molar refractivity (Wildman–Crippen MR) is 43.6 cm³/mol. The van der Waals surface area contributed by atoms with Crippen molar-refractivity contribution in [2.75, 3.05) is 25.4 Å². The Morgan fingerprint density at radius 2 is 1.08 bits per heavy atom. The van der Waals surface area contributed by atoms with E-state index in [-0.39, 0.29) is 25.4 Å². The highest BCUT2D eigenvalue weighted by Crippen LogP contribution is 2.54. The SMILES string of the molecule is O=[C-]O.OC[P+](CO)(CO)CO. The van der Waals surface area contributed by atoms with Crippen LogP contribution in [0.4, 0.5) is 0 Å². The number of rotatable bonds is 4. The minimum absolute atomic E-state index is 0.295. The maximum absolute atomic E-state index is 8.55. The van der Waals surface area contributed by atoms with Gasteiger partial charge in [0.15, 0.2) is 25.4 Å². The van der Waals surface area contributed by atoms with Gasteiger partial charge < -0.3 is 30.3 Å². The van der Waals surface area contributed by atoms with Crippen molar-refractivity contribution in [2.24, 2.45) is 0 Å². The summed E-state index contributed by atoms with van der Waals surface area (Å²) in [4.78, 5) is 8.24. The van der Waals surface area contributed by atoms with Gasteiger partial charge >= 0.3 is 0 Å². The minimum atomic E-state index is -2.20. The van der Waals surface area contributed by atoms with E-state index in [1.165, 1.54) is 0 Å². The molecule has 0 aromatic carbocycles. The largest absolute Gasteiger partial charge is 0.665 e. The van der Waals surface area contributed by atoms with Crippen molar-refractivity contribution in [3.8, 4) is 0 Å². The van der Waals surface area contributed by atoms with Gasteiger partial charge in [-0.1, -0.05) is 6.47 Å². The second-order valence-electron chi connectivity index (χ2n) is 2.00. The second-order valence-corrected chi connectivity index (χ2v) is 5.81. The summed E-state index contributed by atoms with van der Waals surface area (Å²) in [6, 6.07) is 0. The van der Waals surface area contributed by atoms with Gasteiger partial charge in [-0.2, -0.15) is 0 Å². The molecule has 0 aromatic rings. The van der Waals surface area contributed by atoms with E-state index in [0.717, 1.165) is 0 Å². The zero-order valence-electron chi connectivity index (χ0n) is 6.42. The van der Waals surface area contributed by atoms with Gasteiger partial charge in [0.2, 0.25) is 0 Å². The quantitative estimate of drug-likeness (QED) is 0.276. The minimum Gasteiger partial charge on any atom is -0.665 e. The molecule has 0 aliphatic rings. The Morgan fingerprint density at radius 1 is 0.917 bits per heavy atom. The Kier molecular flexibility index (Phi) is 10.5. The highest BCUT2D eigenvalue weighted by molar-refractivity contribution is 7.75. The van der Waals surface area contributed by atoms with Crippen molar-refractivity contribution >= 4 is 13.7 Å². The highest BCUT2D eigenvalue weighted by Gasteiger charge is 2.34. The maximum Gasteiger partial charge on any atom is 0.161 e. The summed E-state index contributed by atoms with van der Waals surface area (Å²) in [6.45, 7) is 0.500. The summed E-state index contributed by atoms with van der Waals surface area (Å²) < 4.78 is 0. The molecule has 0 saturated carbocycles. The molecular weight excluding hydrogens is 187 g/mol. The van der Waals surface area contributed by atoms with E-state index in [4.69, 9.17) is 30.3 Å². The number of hydrogen-bond acceptors (Lipinski definition) is 5. The lowest BCUT2D eigenvalue weighted by Gasteiger charge is -2.15. The topological polar surface area (TPSA) is 118 Å². The van der Waals surface area contributed by atoms with Crippen LogP contribution in [0.3, 0.4) is 0 Å². The summed E-state index contributed by atoms with van der Waals surface area (Å²) in [7, 11) is -2.20. The molecule has 0 spiro atoms. The average molecular weight is 200 g/mol. The molecule has 0 saturated heterocycles. The Bertz CT molecular complexity index is 86.6. The molecule has 12 heavy (non-hydrogen) atoms. The van der Waals surface area contributed by atoms with Crippen LogP contribution in [-0.4, -0.2) is 57.4 Å². The van der Waals surface area contributed by atoms with Crippen molar-refractivity contribution in [2.45, 2.75) is 0 Å². The van der Waals surface area contributed by atoms with E-state index in [0.29, 0.717) is 6.47 Å². The van der Waals surface area contributed by atoms with Crippen LogP contribution in [0.5, 0.6) is 0 Å². The smallest absolute Gasteiger partial charge is 0.161 e. The predicted octanol–water partition coefficient (Wildman–Crippen LogP) is -1.59. The first kappa shape index (κ1) is 14.3. The normalized spacial score (nSPS) is 10.0. The second kappa shape index (κ2) is 8.83. The summed E-state index contributed by atoms with van der Waals surface area (Å²) >= 11 is 0. The van der Waals surface area contributed by atoms with Crippen molar-refractivity contribution < 1.29 is 30.3 Å². The maximum atomic E-state index is 8.55. The standard InChI is InChI=1S/C4H12O4P.CHO2/c5-1-9(2-6,3-7)4-8;2-1-3/h5-8H,1-4H2;(H,2,3)/q+1;-1. The summed E-state index contributed by atoms with van der Waals surface area (Å²) in [5, 5.41) is 40.9. The first-order chi connectivity index (χ1) is 5.66. The van der Waals surface area contributed by atoms with E-state index < -0.39 is 7.26 Å². The molecule has 74 valence electrons. The van der Waals surface area contributed by atoms with Gasteiger partial charge in [0.05, 0.1) is 0 Å². The van der Waals surface area contributed by atoms with Crippen LogP contribution in [0.25, 0.3) is 0 Å².